The molecule has 0 unspecified atom stereocenters. The lowest BCUT2D eigenvalue weighted by Crippen LogP contribution is -2.14. The largest absolute Gasteiger partial charge is 0.496 e. The molecule has 0 radical (unpaired) electrons. The maximum atomic E-state index is 12.6. The van der Waals surface area contributed by atoms with Crippen molar-refractivity contribution < 1.29 is 19.1 Å². The summed E-state index contributed by atoms with van der Waals surface area (Å²) in [5, 5.41) is 5.24. The number of unbranched alkanes of at least 4 members (excludes halogenated alkanes) is 1. The Morgan fingerprint density at radius 2 is 1.96 bits per heavy atom. The molecule has 5 nitrogen and oxygen atoms in total. The first-order valence-corrected chi connectivity index (χ1v) is 9.63. The molecule has 1 heterocycles. The van der Waals surface area contributed by atoms with Crippen molar-refractivity contribution in [2.45, 2.75) is 40.0 Å². The monoisotopic (exact) mass is 375 g/mol. The van der Waals surface area contributed by atoms with Gasteiger partial charge in [-0.25, -0.2) is 4.79 Å². The quantitative estimate of drug-likeness (QED) is 0.657. The van der Waals surface area contributed by atoms with Crippen LogP contribution in [-0.4, -0.2) is 25.6 Å². The number of nitrogens with one attached hydrogen (secondary N) is 1. The van der Waals surface area contributed by atoms with E-state index >= 15 is 0 Å². The van der Waals surface area contributed by atoms with Crippen LogP contribution < -0.4 is 10.1 Å². The van der Waals surface area contributed by atoms with Crippen molar-refractivity contribution in [3.05, 3.63) is 34.7 Å². The molecule has 0 saturated carbocycles. The average Bonchev–Trinajstić information content (AvgIpc) is 3.03. The maximum Gasteiger partial charge on any atom is 0.341 e. The number of thiophene rings is 1. The molecule has 0 aliphatic heterocycles. The summed E-state index contributed by atoms with van der Waals surface area (Å²) in [5.74, 6) is 0.128. The average molecular weight is 375 g/mol. The molecule has 0 spiro atoms. The number of hydrogen-bond donors (Lipinski definition) is 1. The number of aryl methyl sites for hydroxylation is 1. The summed E-state index contributed by atoms with van der Waals surface area (Å²) < 4.78 is 10.7. The van der Waals surface area contributed by atoms with E-state index in [-0.39, 0.29) is 12.5 Å². The van der Waals surface area contributed by atoms with Gasteiger partial charge in [0.05, 0.1) is 13.7 Å². The minimum absolute atomic E-state index is 0.0954. The molecule has 2 rings (SSSR count). The van der Waals surface area contributed by atoms with Crippen molar-refractivity contribution >= 4 is 28.2 Å². The zero-order valence-corrected chi connectivity index (χ0v) is 16.5. The minimum Gasteiger partial charge on any atom is -0.496 e. The number of rotatable bonds is 8. The molecule has 2 aromatic rings. The zero-order chi connectivity index (χ0) is 19.1. The first-order valence-electron chi connectivity index (χ1n) is 8.75. The third-order valence-corrected chi connectivity index (χ3v) is 4.82. The van der Waals surface area contributed by atoms with Crippen LogP contribution in [0.5, 0.6) is 5.75 Å². The molecule has 6 heteroatoms. The molecule has 0 saturated heterocycles. The molecular formula is C20H25NO4S. The Kier molecular flexibility index (Phi) is 7.21. The summed E-state index contributed by atoms with van der Waals surface area (Å²) in [7, 11) is 1.60. The number of carbonyl (C=O) groups excluding carboxylic acids is 2. The van der Waals surface area contributed by atoms with Gasteiger partial charge in [0.2, 0.25) is 5.91 Å². The van der Waals surface area contributed by atoms with E-state index in [2.05, 4.69) is 5.32 Å². The molecule has 0 bridgehead atoms. The van der Waals surface area contributed by atoms with Gasteiger partial charge < -0.3 is 14.8 Å². The molecule has 140 valence electrons. The Labute approximate surface area is 158 Å². The van der Waals surface area contributed by atoms with Gasteiger partial charge in [0.25, 0.3) is 0 Å². The summed E-state index contributed by atoms with van der Waals surface area (Å²) >= 11 is 1.32. The first kappa shape index (κ1) is 20.0. The van der Waals surface area contributed by atoms with E-state index in [0.29, 0.717) is 28.3 Å². The Hall–Kier alpha value is -2.34. The van der Waals surface area contributed by atoms with Crippen LogP contribution in [0.2, 0.25) is 0 Å². The van der Waals surface area contributed by atoms with Crippen LogP contribution in [0.3, 0.4) is 0 Å². The normalized spacial score (nSPS) is 10.5. The second-order valence-electron chi connectivity index (χ2n) is 5.93. The molecule has 0 aliphatic rings. The van der Waals surface area contributed by atoms with Gasteiger partial charge >= 0.3 is 5.97 Å². The lowest BCUT2D eigenvalue weighted by Gasteiger charge is -2.12. The van der Waals surface area contributed by atoms with Gasteiger partial charge in [-0.05, 0) is 32.4 Å². The fourth-order valence-electron chi connectivity index (χ4n) is 2.61. The minimum atomic E-state index is -0.446. The predicted molar refractivity (Wildman–Crippen MR) is 105 cm³/mol. The highest BCUT2D eigenvalue weighted by molar-refractivity contribution is 7.15. The maximum absolute atomic E-state index is 12.6. The fraction of sp³-hybridized carbons (Fsp3) is 0.400. The van der Waals surface area contributed by atoms with Crippen LogP contribution in [0.4, 0.5) is 5.00 Å². The number of benzene rings is 1. The van der Waals surface area contributed by atoms with Gasteiger partial charge in [-0.2, -0.15) is 0 Å². The Morgan fingerprint density at radius 1 is 1.19 bits per heavy atom. The van der Waals surface area contributed by atoms with Crippen molar-refractivity contribution in [1.82, 2.24) is 0 Å². The van der Waals surface area contributed by atoms with Crippen molar-refractivity contribution in [2.75, 3.05) is 19.0 Å². The smallest absolute Gasteiger partial charge is 0.341 e. The van der Waals surface area contributed by atoms with E-state index in [1.807, 2.05) is 37.4 Å². The first-order chi connectivity index (χ1) is 12.5. The number of esters is 1. The Morgan fingerprint density at radius 3 is 2.62 bits per heavy atom. The topological polar surface area (TPSA) is 64.6 Å². The molecule has 26 heavy (non-hydrogen) atoms. The predicted octanol–water partition coefficient (Wildman–Crippen LogP) is 5.04. The summed E-state index contributed by atoms with van der Waals surface area (Å²) in [4.78, 5) is 24.7. The van der Waals surface area contributed by atoms with Crippen molar-refractivity contribution in [1.29, 1.82) is 0 Å². The van der Waals surface area contributed by atoms with Crippen molar-refractivity contribution in [2.24, 2.45) is 0 Å². The van der Waals surface area contributed by atoms with Gasteiger partial charge in [0.1, 0.15) is 16.3 Å². The summed E-state index contributed by atoms with van der Waals surface area (Å²) in [6.07, 6.45) is 2.18. The van der Waals surface area contributed by atoms with Gasteiger partial charge in [-0.1, -0.05) is 25.0 Å². The number of hydrogen-bond acceptors (Lipinski definition) is 5. The van der Waals surface area contributed by atoms with Crippen LogP contribution in [0, 0.1) is 6.92 Å². The summed E-state index contributed by atoms with van der Waals surface area (Å²) in [6, 6.07) is 5.79. The molecule has 1 N–H and O–H groups in total. The van der Waals surface area contributed by atoms with Crippen LogP contribution >= 0.6 is 11.3 Å². The number of ether oxygens (including phenoxy) is 2. The van der Waals surface area contributed by atoms with Crippen molar-refractivity contribution in [3.63, 3.8) is 0 Å². The van der Waals surface area contributed by atoms with E-state index in [4.69, 9.17) is 9.47 Å². The van der Waals surface area contributed by atoms with Gasteiger partial charge in [-0.15, -0.1) is 11.3 Å². The number of methoxy groups -OCH3 is 1. The molecule has 0 fully saturated rings. The second kappa shape index (κ2) is 9.38. The fourth-order valence-corrected chi connectivity index (χ4v) is 3.58. The number of anilines is 1. The van der Waals surface area contributed by atoms with Crippen molar-refractivity contribution in [3.8, 4) is 16.9 Å². The lowest BCUT2D eigenvalue weighted by molar-refractivity contribution is -0.116. The van der Waals surface area contributed by atoms with E-state index < -0.39 is 5.97 Å². The van der Waals surface area contributed by atoms with Gasteiger partial charge in [-0.3, -0.25) is 4.79 Å². The third-order valence-electron chi connectivity index (χ3n) is 3.93. The number of carbonyl (C=O) groups is 2. The molecular weight excluding hydrogens is 350 g/mol. The second-order valence-corrected chi connectivity index (χ2v) is 6.81. The van der Waals surface area contributed by atoms with Crippen LogP contribution in [0.25, 0.3) is 11.1 Å². The highest BCUT2D eigenvalue weighted by Gasteiger charge is 2.24. The molecule has 1 aromatic heterocycles. The molecule has 1 amide bonds. The highest BCUT2D eigenvalue weighted by Crippen LogP contribution is 2.40. The molecule has 0 atom stereocenters. The van der Waals surface area contributed by atoms with Gasteiger partial charge in [0.15, 0.2) is 0 Å². The standard InChI is InChI=1S/C20H25NO4S/c1-5-7-8-17(22)21-19-18(20(23)25-6-2)15(12-26-19)14-11-13(3)9-10-16(14)24-4/h9-12H,5-8H2,1-4H3,(H,21,22). The highest BCUT2D eigenvalue weighted by atomic mass is 32.1. The van der Waals surface area contributed by atoms with Crippen LogP contribution in [0.1, 0.15) is 49.0 Å². The molecule has 0 aliphatic carbocycles. The van der Waals surface area contributed by atoms with E-state index in [1.165, 1.54) is 11.3 Å². The van der Waals surface area contributed by atoms with Crippen LogP contribution in [-0.2, 0) is 9.53 Å². The third kappa shape index (κ3) is 4.64. The SMILES string of the molecule is CCCCC(=O)Nc1scc(-c2cc(C)ccc2OC)c1C(=O)OCC. The Balaban J connectivity index is 2.48. The number of amides is 1. The summed E-state index contributed by atoms with van der Waals surface area (Å²) in [5.41, 5.74) is 2.95. The van der Waals surface area contributed by atoms with E-state index in [1.54, 1.807) is 14.0 Å². The van der Waals surface area contributed by atoms with Gasteiger partial charge in [0, 0.05) is 22.9 Å². The lowest BCUT2D eigenvalue weighted by atomic mass is 10.0. The Bertz CT molecular complexity index is 782. The molecule has 1 aromatic carbocycles. The summed E-state index contributed by atoms with van der Waals surface area (Å²) in [6.45, 7) is 6.04. The van der Waals surface area contributed by atoms with E-state index in [0.717, 1.165) is 24.0 Å². The van der Waals surface area contributed by atoms with Crippen LogP contribution in [0.15, 0.2) is 23.6 Å². The van der Waals surface area contributed by atoms with E-state index in [9.17, 15) is 9.59 Å². The zero-order valence-electron chi connectivity index (χ0n) is 15.7.